The van der Waals surface area contributed by atoms with E-state index in [0.29, 0.717) is 11.9 Å². The molecule has 0 amide bonds. The average molecular weight is 207 g/mol. The van der Waals surface area contributed by atoms with Crippen LogP contribution in [0.4, 0.5) is 0 Å². The molecular weight excluding hydrogens is 193 g/mol. The van der Waals surface area contributed by atoms with Gasteiger partial charge in [-0.3, -0.25) is 0 Å². The first kappa shape index (κ1) is 11.9. The number of likely N-dealkylation sites (N-methyl/N-ethyl adjacent to an activating group) is 1. The molecule has 80 valence electrons. The normalized spacial score (nSPS) is 12.2. The van der Waals surface area contributed by atoms with Crippen molar-refractivity contribution in [3.63, 3.8) is 0 Å². The standard InChI is InChI=1S/C10H14BNO3/c1-12-10(7-13)6-8-2-4-9(5-3-8)11(14)15/h2-5,7,10,12,14-15H,6H2,1H3/t10-/m0/s1. The molecular formula is C10H14BNO3. The van der Waals surface area contributed by atoms with E-state index in [1.807, 2.05) is 0 Å². The van der Waals surface area contributed by atoms with E-state index < -0.39 is 7.12 Å². The second-order valence-electron chi connectivity index (χ2n) is 3.35. The van der Waals surface area contributed by atoms with E-state index >= 15 is 0 Å². The number of rotatable bonds is 5. The zero-order valence-corrected chi connectivity index (χ0v) is 8.55. The van der Waals surface area contributed by atoms with Crippen molar-refractivity contribution in [1.29, 1.82) is 0 Å². The van der Waals surface area contributed by atoms with Crippen LogP contribution in [-0.2, 0) is 11.2 Å². The number of nitrogens with one attached hydrogen (secondary N) is 1. The smallest absolute Gasteiger partial charge is 0.423 e. The van der Waals surface area contributed by atoms with Gasteiger partial charge >= 0.3 is 7.12 Å². The Kier molecular flexibility index (Phi) is 4.49. The number of carbonyl (C=O) groups is 1. The predicted molar refractivity (Wildman–Crippen MR) is 58.9 cm³/mol. The predicted octanol–water partition coefficient (Wildman–Crippen LogP) is -1.30. The summed E-state index contributed by atoms with van der Waals surface area (Å²) in [6, 6.07) is 6.63. The molecule has 0 unspecified atom stereocenters. The van der Waals surface area contributed by atoms with Crippen LogP contribution in [0.25, 0.3) is 0 Å². The maximum atomic E-state index is 10.6. The minimum absolute atomic E-state index is 0.199. The van der Waals surface area contributed by atoms with Crippen LogP contribution in [0.15, 0.2) is 24.3 Å². The molecule has 0 aliphatic heterocycles. The second kappa shape index (κ2) is 5.65. The summed E-state index contributed by atoms with van der Waals surface area (Å²) in [5, 5.41) is 20.6. The van der Waals surface area contributed by atoms with Crippen molar-refractivity contribution in [2.75, 3.05) is 7.05 Å². The Balaban J connectivity index is 2.67. The third kappa shape index (κ3) is 3.47. The summed E-state index contributed by atoms with van der Waals surface area (Å²) in [4.78, 5) is 10.6. The molecule has 4 nitrogen and oxygen atoms in total. The Bertz CT molecular complexity index is 313. The molecule has 0 saturated carbocycles. The highest BCUT2D eigenvalue weighted by Crippen LogP contribution is 2.00. The number of benzene rings is 1. The van der Waals surface area contributed by atoms with E-state index in [4.69, 9.17) is 10.0 Å². The van der Waals surface area contributed by atoms with Gasteiger partial charge in [0, 0.05) is 0 Å². The molecule has 1 aromatic carbocycles. The molecule has 0 bridgehead atoms. The van der Waals surface area contributed by atoms with Gasteiger partial charge in [0.1, 0.15) is 6.29 Å². The van der Waals surface area contributed by atoms with Gasteiger partial charge in [0.25, 0.3) is 0 Å². The van der Waals surface area contributed by atoms with Crippen molar-refractivity contribution in [3.8, 4) is 0 Å². The first-order valence-electron chi connectivity index (χ1n) is 4.75. The highest BCUT2D eigenvalue weighted by atomic mass is 16.4. The van der Waals surface area contributed by atoms with E-state index in [0.717, 1.165) is 11.8 Å². The van der Waals surface area contributed by atoms with Gasteiger partial charge in [-0.15, -0.1) is 0 Å². The molecule has 5 heteroatoms. The van der Waals surface area contributed by atoms with Crippen molar-refractivity contribution in [2.24, 2.45) is 0 Å². The van der Waals surface area contributed by atoms with Crippen LogP contribution in [0.1, 0.15) is 5.56 Å². The summed E-state index contributed by atoms with van der Waals surface area (Å²) >= 11 is 0. The Labute approximate surface area is 89.1 Å². The van der Waals surface area contributed by atoms with Gasteiger partial charge in [0.05, 0.1) is 6.04 Å². The van der Waals surface area contributed by atoms with E-state index in [1.165, 1.54) is 0 Å². The van der Waals surface area contributed by atoms with Gasteiger partial charge in [-0.05, 0) is 24.5 Å². The van der Waals surface area contributed by atoms with Crippen molar-refractivity contribution < 1.29 is 14.8 Å². The lowest BCUT2D eigenvalue weighted by molar-refractivity contribution is -0.109. The summed E-state index contributed by atoms with van der Waals surface area (Å²) in [6.45, 7) is 0. The van der Waals surface area contributed by atoms with Gasteiger partial charge in [0.2, 0.25) is 0 Å². The van der Waals surface area contributed by atoms with Crippen LogP contribution in [-0.4, -0.2) is 36.5 Å². The summed E-state index contributed by atoms with van der Waals surface area (Å²) in [7, 11) is 0.287. The lowest BCUT2D eigenvalue weighted by Crippen LogP contribution is -2.31. The van der Waals surface area contributed by atoms with E-state index in [9.17, 15) is 4.79 Å². The molecule has 0 radical (unpaired) electrons. The lowest BCUT2D eigenvalue weighted by Gasteiger charge is -2.09. The van der Waals surface area contributed by atoms with Gasteiger partial charge < -0.3 is 20.2 Å². The molecule has 1 aromatic rings. The summed E-state index contributed by atoms with van der Waals surface area (Å²) in [6.07, 6.45) is 1.45. The molecule has 0 fully saturated rings. The molecule has 0 saturated heterocycles. The molecule has 0 aliphatic rings. The molecule has 0 aliphatic carbocycles. The largest absolute Gasteiger partial charge is 0.488 e. The SMILES string of the molecule is CN[C@H](C=O)Cc1ccc(B(O)O)cc1. The Hall–Kier alpha value is -1.17. The Morgan fingerprint density at radius 3 is 2.40 bits per heavy atom. The minimum Gasteiger partial charge on any atom is -0.423 e. The Morgan fingerprint density at radius 2 is 2.00 bits per heavy atom. The van der Waals surface area contributed by atoms with Crippen molar-refractivity contribution in [2.45, 2.75) is 12.5 Å². The highest BCUT2D eigenvalue weighted by Gasteiger charge is 2.10. The van der Waals surface area contributed by atoms with Crippen LogP contribution >= 0.6 is 0 Å². The monoisotopic (exact) mass is 207 g/mol. The van der Waals surface area contributed by atoms with Crippen molar-refractivity contribution in [1.82, 2.24) is 5.32 Å². The summed E-state index contributed by atoms with van der Waals surface area (Å²) in [5.41, 5.74) is 1.43. The van der Waals surface area contributed by atoms with Gasteiger partial charge in [-0.2, -0.15) is 0 Å². The third-order valence-electron chi connectivity index (χ3n) is 2.27. The van der Waals surface area contributed by atoms with Crippen LogP contribution < -0.4 is 10.8 Å². The number of hydrogen-bond acceptors (Lipinski definition) is 4. The van der Waals surface area contributed by atoms with Crippen LogP contribution in [0.5, 0.6) is 0 Å². The van der Waals surface area contributed by atoms with Gasteiger partial charge in [-0.25, -0.2) is 0 Å². The first-order valence-corrected chi connectivity index (χ1v) is 4.75. The fraction of sp³-hybridized carbons (Fsp3) is 0.300. The maximum Gasteiger partial charge on any atom is 0.488 e. The third-order valence-corrected chi connectivity index (χ3v) is 2.27. The van der Waals surface area contributed by atoms with Crippen molar-refractivity contribution in [3.05, 3.63) is 29.8 Å². The first-order chi connectivity index (χ1) is 7.17. The Morgan fingerprint density at radius 1 is 1.40 bits per heavy atom. The molecule has 0 heterocycles. The number of aldehydes is 1. The quantitative estimate of drug-likeness (QED) is 0.414. The molecule has 3 N–H and O–H groups in total. The number of hydrogen-bond donors (Lipinski definition) is 3. The second-order valence-corrected chi connectivity index (χ2v) is 3.35. The molecule has 1 rings (SSSR count). The number of carbonyl (C=O) groups excluding carboxylic acids is 1. The highest BCUT2D eigenvalue weighted by molar-refractivity contribution is 6.58. The van der Waals surface area contributed by atoms with E-state index in [2.05, 4.69) is 5.32 Å². The maximum absolute atomic E-state index is 10.6. The lowest BCUT2D eigenvalue weighted by atomic mass is 9.80. The van der Waals surface area contributed by atoms with Crippen LogP contribution in [0.3, 0.4) is 0 Å². The van der Waals surface area contributed by atoms with Gasteiger partial charge in [0.15, 0.2) is 0 Å². The molecule has 0 aromatic heterocycles. The summed E-state index contributed by atoms with van der Waals surface area (Å²) in [5.74, 6) is 0. The minimum atomic E-state index is -1.44. The fourth-order valence-corrected chi connectivity index (χ4v) is 1.30. The average Bonchev–Trinajstić information content (AvgIpc) is 2.26. The van der Waals surface area contributed by atoms with Crippen LogP contribution in [0, 0.1) is 0 Å². The van der Waals surface area contributed by atoms with Crippen LogP contribution in [0.2, 0.25) is 0 Å². The fourth-order valence-electron chi connectivity index (χ4n) is 1.30. The zero-order valence-electron chi connectivity index (χ0n) is 8.55. The van der Waals surface area contributed by atoms with E-state index in [-0.39, 0.29) is 6.04 Å². The van der Waals surface area contributed by atoms with E-state index in [1.54, 1.807) is 31.3 Å². The zero-order chi connectivity index (χ0) is 11.3. The van der Waals surface area contributed by atoms with Crippen molar-refractivity contribution >= 4 is 18.9 Å². The topological polar surface area (TPSA) is 69.6 Å². The molecule has 1 atom stereocenters. The molecule has 0 spiro atoms. The van der Waals surface area contributed by atoms with Gasteiger partial charge in [-0.1, -0.05) is 24.3 Å². The molecule has 15 heavy (non-hydrogen) atoms. The summed E-state index contributed by atoms with van der Waals surface area (Å²) < 4.78 is 0.